The Bertz CT molecular complexity index is 2470. The number of nitrogens with zero attached hydrogens (tertiary/aromatic N) is 3. The van der Waals surface area contributed by atoms with E-state index in [9.17, 15) is 19.5 Å². The van der Waals surface area contributed by atoms with Crippen molar-refractivity contribution >= 4 is 76.9 Å². The van der Waals surface area contributed by atoms with Gasteiger partial charge in [-0.3, -0.25) is 9.11 Å². The van der Waals surface area contributed by atoms with Crippen LogP contribution in [0.2, 0.25) is 0 Å². The third-order valence-electron chi connectivity index (χ3n) is 8.61. The summed E-state index contributed by atoms with van der Waals surface area (Å²) in [5.74, 6) is -0.368. The van der Waals surface area contributed by atoms with Crippen LogP contribution in [0.5, 0.6) is 11.5 Å². The number of aromatic nitrogens is 3. The molecule has 0 aliphatic rings. The van der Waals surface area contributed by atoms with Gasteiger partial charge in [0.1, 0.15) is 11.5 Å². The van der Waals surface area contributed by atoms with Crippen molar-refractivity contribution in [3.63, 3.8) is 0 Å². The molecule has 0 unspecified atom stereocenters. The van der Waals surface area contributed by atoms with Gasteiger partial charge in [-0.15, -0.1) is 0 Å². The smallest absolute Gasteiger partial charge is 0.394 e. The number of esters is 2. The Kier molecular flexibility index (Phi) is 19.4. The van der Waals surface area contributed by atoms with Crippen LogP contribution in [0.1, 0.15) is 106 Å². The third kappa shape index (κ3) is 13.1. The fourth-order valence-corrected chi connectivity index (χ4v) is 6.47. The van der Waals surface area contributed by atoms with Crippen LogP contribution in [0, 0.1) is 0 Å². The van der Waals surface area contributed by atoms with Crippen molar-refractivity contribution in [2.75, 3.05) is 28.4 Å². The van der Waals surface area contributed by atoms with E-state index in [4.69, 9.17) is 36.5 Å². The highest BCUT2D eigenvalue weighted by Gasteiger charge is 2.18. The molecule has 0 bridgehead atoms. The average Bonchev–Trinajstić information content (AvgIpc) is 3.89. The van der Waals surface area contributed by atoms with Crippen LogP contribution in [-0.4, -0.2) is 82.7 Å². The monoisotopic (exact) mass is 905 g/mol. The second-order valence-corrected chi connectivity index (χ2v) is 15.1. The number of aromatic carboxylic acids is 1. The number of halogens is 1. The molecule has 3 aromatic carbocycles. The first-order chi connectivity index (χ1) is 26.7. The Morgan fingerprint density at radius 3 is 1.19 bits per heavy atom. The zero-order valence-electron chi connectivity index (χ0n) is 33.3. The van der Waals surface area contributed by atoms with Crippen LogP contribution >= 0.6 is 15.9 Å². The van der Waals surface area contributed by atoms with Gasteiger partial charge >= 0.3 is 28.3 Å². The topological polar surface area (TPSA) is 198 Å². The molecule has 0 saturated heterocycles. The fraction of sp³-hybridized carbons (Fsp3) is 0.357. The normalized spacial score (nSPS) is 10.7. The van der Waals surface area contributed by atoms with Gasteiger partial charge in [-0.1, -0.05) is 30.8 Å². The van der Waals surface area contributed by atoms with Crippen LogP contribution in [0.15, 0.2) is 77.7 Å². The van der Waals surface area contributed by atoms with Gasteiger partial charge in [0.05, 0.1) is 61.7 Å². The van der Waals surface area contributed by atoms with E-state index < -0.39 is 16.4 Å². The highest BCUT2D eigenvalue weighted by Crippen LogP contribution is 2.31. The van der Waals surface area contributed by atoms with Crippen LogP contribution in [0.25, 0.3) is 32.7 Å². The van der Waals surface area contributed by atoms with Crippen molar-refractivity contribution in [1.29, 1.82) is 0 Å². The number of methoxy groups -OCH3 is 4. The summed E-state index contributed by atoms with van der Waals surface area (Å²) in [4.78, 5) is 34.7. The average molecular weight is 907 g/mol. The first kappa shape index (κ1) is 51.7. The number of fused-ring (bicyclic) bond motifs is 3. The Balaban J connectivity index is 0.000000411. The molecule has 0 atom stereocenters. The fourth-order valence-electron chi connectivity index (χ4n) is 6.02. The molecule has 6 aromatic rings. The molecule has 0 fully saturated rings. The molecule has 17 heteroatoms. The zero-order chi connectivity index (χ0) is 42.9. The number of hydrogen-bond donors (Lipinski definition) is 3. The van der Waals surface area contributed by atoms with Crippen molar-refractivity contribution in [2.45, 2.75) is 74.5 Å². The number of hydrogen-bond acceptors (Lipinski definition) is 9. The van der Waals surface area contributed by atoms with E-state index in [0.29, 0.717) is 34.7 Å². The second kappa shape index (κ2) is 22.1. The molecule has 3 heterocycles. The predicted molar refractivity (Wildman–Crippen MR) is 235 cm³/mol. The highest BCUT2D eigenvalue weighted by atomic mass is 79.9. The van der Waals surface area contributed by atoms with Crippen LogP contribution < -0.4 is 9.47 Å². The molecule has 0 aliphatic heterocycles. The van der Waals surface area contributed by atoms with Crippen molar-refractivity contribution < 1.29 is 56.0 Å². The van der Waals surface area contributed by atoms with Crippen molar-refractivity contribution in [1.82, 2.24) is 13.7 Å². The summed E-state index contributed by atoms with van der Waals surface area (Å²) < 4.78 is 58.7. The number of ether oxygens (including phenoxy) is 4. The number of benzene rings is 3. The predicted octanol–water partition coefficient (Wildman–Crippen LogP) is 10.3. The summed E-state index contributed by atoms with van der Waals surface area (Å²) in [6.45, 7) is 12.5. The molecule has 0 radical (unpaired) electrons. The Morgan fingerprint density at radius 1 is 0.576 bits per heavy atom. The van der Waals surface area contributed by atoms with Gasteiger partial charge in [0, 0.05) is 69.5 Å². The van der Waals surface area contributed by atoms with E-state index >= 15 is 0 Å². The number of carbonyl (C=O) groups is 3. The van der Waals surface area contributed by atoms with Gasteiger partial charge in [0.15, 0.2) is 0 Å². The van der Waals surface area contributed by atoms with E-state index in [0.717, 1.165) is 37.2 Å². The maximum atomic E-state index is 11.8. The molecule has 0 saturated carbocycles. The molecule has 0 aliphatic carbocycles. The largest absolute Gasteiger partial charge is 0.497 e. The van der Waals surface area contributed by atoms with Gasteiger partial charge in [0.2, 0.25) is 0 Å². The summed E-state index contributed by atoms with van der Waals surface area (Å²) in [5.41, 5.74) is 4.30. The maximum Gasteiger partial charge on any atom is 0.394 e. The molecule has 3 aromatic heterocycles. The molecule has 0 spiro atoms. The Labute approximate surface area is 354 Å². The van der Waals surface area contributed by atoms with Crippen molar-refractivity contribution in [2.24, 2.45) is 0 Å². The van der Waals surface area contributed by atoms with E-state index in [-0.39, 0.29) is 38.4 Å². The lowest BCUT2D eigenvalue weighted by atomic mass is 10.1. The van der Waals surface area contributed by atoms with Crippen molar-refractivity contribution in [3.8, 4) is 11.5 Å². The first-order valence-corrected chi connectivity index (χ1v) is 19.6. The summed E-state index contributed by atoms with van der Waals surface area (Å²) in [6.07, 6.45) is 5.87. The molecular formula is C42H56BrN3O12S. The second-order valence-electron chi connectivity index (χ2n) is 13.3. The summed E-state index contributed by atoms with van der Waals surface area (Å²) in [7, 11) is 1.24. The number of carbonyl (C=O) groups excluding carboxylic acids is 2. The Hall–Kier alpha value is -5.36. The summed E-state index contributed by atoms with van der Waals surface area (Å²) >= 11 is 3.43. The molecule has 59 heavy (non-hydrogen) atoms. The molecule has 15 nitrogen and oxygen atoms in total. The van der Waals surface area contributed by atoms with Gasteiger partial charge in [0.25, 0.3) is 0 Å². The number of rotatable bonds is 8. The standard InChI is InChI=1S/C14H17NO3.C13H14BrNO2.C13H15NO3.2CH4.H2O4S/c1-9(2)15-6-5-11-12(14(16)18-4)7-10(17-3)8-13(11)15;1-8(2)15-5-4-10-11(13(16)17-3)6-9(14)7-12(10)15;1-8(2)14-5-4-10-11(13(15)16)6-9(17-3)7-12(10)14;;;1-5(2,3)4/h5-9H,1-4H3;4-8H,1-3H3;4-8H,1-3H3,(H,15,16);2*1H4;(H2,1,2,3,4). The minimum atomic E-state index is -4.67. The molecular weight excluding hydrogens is 850 g/mol. The van der Waals surface area contributed by atoms with Gasteiger partial charge < -0.3 is 37.8 Å². The number of carboxylic acid groups (broad SMARTS) is 1. The van der Waals surface area contributed by atoms with Crippen LogP contribution in [0.4, 0.5) is 0 Å². The lowest BCUT2D eigenvalue weighted by Crippen LogP contribution is -2.04. The number of carboxylic acids is 1. The summed E-state index contributed by atoms with van der Waals surface area (Å²) in [6, 6.07) is 17.5. The summed E-state index contributed by atoms with van der Waals surface area (Å²) in [5, 5.41) is 11.7. The van der Waals surface area contributed by atoms with Crippen LogP contribution in [-0.2, 0) is 19.9 Å². The lowest BCUT2D eigenvalue weighted by molar-refractivity contribution is 0.0594. The molecule has 324 valence electrons. The van der Waals surface area contributed by atoms with Gasteiger partial charge in [-0.2, -0.15) is 8.42 Å². The Morgan fingerprint density at radius 2 is 0.881 bits per heavy atom. The van der Waals surface area contributed by atoms with E-state index in [1.807, 2.05) is 59.6 Å². The minimum Gasteiger partial charge on any atom is -0.497 e. The minimum absolute atomic E-state index is 0. The SMILES string of the molecule is C.C.COC(=O)c1cc(Br)cc2c1ccn2C(C)C.COC(=O)c1cc(OC)cc2c1ccn2C(C)C.COc1cc(C(=O)O)c2ccn(C(C)C)c2c1.O=S(=O)(O)O. The zero-order valence-corrected chi connectivity index (χ0v) is 35.7. The quantitative estimate of drug-likeness (QED) is 0.0966. The molecule has 6 rings (SSSR count). The van der Waals surface area contributed by atoms with Crippen LogP contribution in [0.3, 0.4) is 0 Å². The maximum absolute atomic E-state index is 11.8. The lowest BCUT2D eigenvalue weighted by Gasteiger charge is -2.11. The van der Waals surface area contributed by atoms with Gasteiger partial charge in [-0.25, -0.2) is 14.4 Å². The molecule has 3 N–H and O–H groups in total. The first-order valence-electron chi connectivity index (χ1n) is 17.4. The van der Waals surface area contributed by atoms with E-state index in [2.05, 4.69) is 66.6 Å². The van der Waals surface area contributed by atoms with Crippen molar-refractivity contribution in [3.05, 3.63) is 94.4 Å². The third-order valence-corrected chi connectivity index (χ3v) is 9.07. The highest BCUT2D eigenvalue weighted by molar-refractivity contribution is 9.10. The van der Waals surface area contributed by atoms with Gasteiger partial charge in [-0.05, 0) is 84.0 Å². The molecule has 0 amide bonds. The van der Waals surface area contributed by atoms with E-state index in [1.165, 1.54) is 21.3 Å². The van der Waals surface area contributed by atoms with E-state index in [1.54, 1.807) is 25.3 Å².